The number of ether oxygens (including phenoxy) is 1. The highest BCUT2D eigenvalue weighted by molar-refractivity contribution is 9.10. The summed E-state index contributed by atoms with van der Waals surface area (Å²) in [5.74, 6) is -0.931. The second kappa shape index (κ2) is 6.26. The Morgan fingerprint density at radius 3 is 2.76 bits per heavy atom. The third kappa shape index (κ3) is 3.13. The predicted octanol–water partition coefficient (Wildman–Crippen LogP) is 3.70. The molecule has 94 valence electrons. The van der Waals surface area contributed by atoms with Crippen molar-refractivity contribution in [2.45, 2.75) is 19.2 Å². The lowest BCUT2D eigenvalue weighted by Gasteiger charge is -2.12. The van der Waals surface area contributed by atoms with Crippen molar-refractivity contribution in [3.8, 4) is 0 Å². The second-order valence-electron chi connectivity index (χ2n) is 3.00. The Hall–Kier alpha value is -0.750. The monoisotopic (exact) mass is 327 g/mol. The molecule has 0 bridgehead atoms. The number of aromatic nitrogens is 1. The largest absolute Gasteiger partial charge is 0.462 e. The van der Waals surface area contributed by atoms with Crippen LogP contribution in [0.25, 0.3) is 0 Å². The zero-order chi connectivity index (χ0) is 13.0. The molecule has 0 aliphatic heterocycles. The van der Waals surface area contributed by atoms with Gasteiger partial charge in [-0.1, -0.05) is 0 Å². The Labute approximate surface area is 110 Å². The van der Waals surface area contributed by atoms with Crippen LogP contribution in [0, 0.1) is 0 Å². The number of pyridine rings is 1. The fourth-order valence-corrected chi connectivity index (χ4v) is 2.06. The van der Waals surface area contributed by atoms with E-state index < -0.39 is 18.1 Å². The minimum Gasteiger partial charge on any atom is -0.462 e. The van der Waals surface area contributed by atoms with E-state index in [0.717, 1.165) is 6.20 Å². The topological polar surface area (TPSA) is 39.2 Å². The molecule has 0 radical (unpaired) electrons. The van der Waals surface area contributed by atoms with Crippen LogP contribution < -0.4 is 0 Å². The summed E-state index contributed by atoms with van der Waals surface area (Å²) in [4.78, 5) is 15.2. The molecule has 0 N–H and O–H groups in total. The molecule has 0 saturated heterocycles. The molecule has 0 amide bonds. The number of alkyl halides is 3. The van der Waals surface area contributed by atoms with Gasteiger partial charge in [0.2, 0.25) is 0 Å². The summed E-state index contributed by atoms with van der Waals surface area (Å²) in [6.45, 7) is 1.78. The van der Waals surface area contributed by atoms with Crippen LogP contribution in [0.1, 0.15) is 35.0 Å². The summed E-state index contributed by atoms with van der Waals surface area (Å²) in [6, 6.07) is 0. The molecule has 0 spiro atoms. The van der Waals surface area contributed by atoms with E-state index in [1.807, 2.05) is 0 Å². The molecule has 0 unspecified atom stereocenters. The number of hydrogen-bond donors (Lipinski definition) is 0. The van der Waals surface area contributed by atoms with E-state index >= 15 is 0 Å². The fraction of sp³-hybridized carbons (Fsp3) is 0.400. The standard InChI is InChI=1S/C10H9BrClF2NO2/c1-2-17-10(16)7-5(3-12)8(9(13)14)15-4-6(7)11/h4,9H,2-3H2,1H3. The minimum absolute atomic E-state index is 0.00510. The highest BCUT2D eigenvalue weighted by Gasteiger charge is 2.24. The first kappa shape index (κ1) is 14.3. The highest BCUT2D eigenvalue weighted by Crippen LogP contribution is 2.30. The molecule has 0 aliphatic rings. The van der Waals surface area contributed by atoms with Gasteiger partial charge in [0.25, 0.3) is 6.43 Å². The Morgan fingerprint density at radius 2 is 2.29 bits per heavy atom. The molecule has 1 rings (SSSR count). The number of hydrogen-bond acceptors (Lipinski definition) is 3. The number of carbonyl (C=O) groups excluding carboxylic acids is 1. The summed E-state index contributed by atoms with van der Waals surface area (Å²) >= 11 is 8.67. The number of halogens is 4. The lowest BCUT2D eigenvalue weighted by Crippen LogP contribution is -2.12. The molecular weight excluding hydrogens is 319 g/mol. The first-order chi connectivity index (χ1) is 8.02. The van der Waals surface area contributed by atoms with Crippen molar-refractivity contribution in [1.82, 2.24) is 4.98 Å². The molecule has 1 aromatic rings. The van der Waals surface area contributed by atoms with Crippen LogP contribution in [-0.4, -0.2) is 17.6 Å². The molecular formula is C10H9BrClF2NO2. The van der Waals surface area contributed by atoms with Crippen molar-refractivity contribution in [3.63, 3.8) is 0 Å². The lowest BCUT2D eigenvalue weighted by atomic mass is 10.1. The molecule has 0 fully saturated rings. The maximum Gasteiger partial charge on any atom is 0.339 e. The molecule has 17 heavy (non-hydrogen) atoms. The fourth-order valence-electron chi connectivity index (χ4n) is 1.29. The van der Waals surface area contributed by atoms with Crippen LogP contribution in [0.3, 0.4) is 0 Å². The zero-order valence-electron chi connectivity index (χ0n) is 8.84. The zero-order valence-corrected chi connectivity index (χ0v) is 11.2. The van der Waals surface area contributed by atoms with E-state index in [2.05, 4.69) is 20.9 Å². The van der Waals surface area contributed by atoms with E-state index in [1.165, 1.54) is 0 Å². The Bertz CT molecular complexity index is 429. The molecule has 3 nitrogen and oxygen atoms in total. The molecule has 7 heteroatoms. The van der Waals surface area contributed by atoms with Crippen LogP contribution in [0.4, 0.5) is 8.78 Å². The molecule has 0 atom stereocenters. The quantitative estimate of drug-likeness (QED) is 0.625. The maximum atomic E-state index is 12.7. The first-order valence-corrected chi connectivity index (χ1v) is 6.04. The van der Waals surface area contributed by atoms with Crippen LogP contribution in [0.2, 0.25) is 0 Å². The smallest absolute Gasteiger partial charge is 0.339 e. The van der Waals surface area contributed by atoms with E-state index in [9.17, 15) is 13.6 Å². The summed E-state index contributed by atoms with van der Waals surface area (Å²) < 4.78 is 30.4. The Morgan fingerprint density at radius 1 is 1.65 bits per heavy atom. The van der Waals surface area contributed by atoms with Crippen molar-refractivity contribution < 1.29 is 18.3 Å². The van der Waals surface area contributed by atoms with E-state index in [0.29, 0.717) is 0 Å². The molecule has 0 aromatic carbocycles. The van der Waals surface area contributed by atoms with Gasteiger partial charge in [0.1, 0.15) is 5.69 Å². The lowest BCUT2D eigenvalue weighted by molar-refractivity contribution is 0.0523. The second-order valence-corrected chi connectivity index (χ2v) is 4.12. The van der Waals surface area contributed by atoms with E-state index in [-0.39, 0.29) is 28.1 Å². The molecule has 0 saturated carbocycles. The number of carbonyl (C=O) groups is 1. The molecule has 1 aromatic heterocycles. The van der Waals surface area contributed by atoms with Crippen molar-refractivity contribution in [2.75, 3.05) is 6.61 Å². The Balaban J connectivity index is 3.35. The van der Waals surface area contributed by atoms with Gasteiger partial charge in [-0.25, -0.2) is 13.6 Å². The first-order valence-electron chi connectivity index (χ1n) is 4.71. The van der Waals surface area contributed by atoms with Crippen molar-refractivity contribution in [3.05, 3.63) is 27.5 Å². The SMILES string of the molecule is CCOC(=O)c1c(Br)cnc(C(F)F)c1CCl. The number of esters is 1. The van der Waals surface area contributed by atoms with Gasteiger partial charge in [0, 0.05) is 11.8 Å². The third-order valence-corrected chi connectivity index (χ3v) is 2.86. The van der Waals surface area contributed by atoms with Gasteiger partial charge in [0.15, 0.2) is 0 Å². The van der Waals surface area contributed by atoms with Gasteiger partial charge in [0.05, 0.1) is 22.5 Å². The van der Waals surface area contributed by atoms with Gasteiger partial charge in [-0.05, 0) is 22.9 Å². The molecule has 0 aliphatic carbocycles. The maximum absolute atomic E-state index is 12.7. The van der Waals surface area contributed by atoms with Crippen LogP contribution >= 0.6 is 27.5 Å². The predicted molar refractivity (Wildman–Crippen MR) is 62.4 cm³/mol. The van der Waals surface area contributed by atoms with E-state index in [1.54, 1.807) is 6.92 Å². The third-order valence-electron chi connectivity index (χ3n) is 1.99. The van der Waals surface area contributed by atoms with Gasteiger partial charge < -0.3 is 4.74 Å². The van der Waals surface area contributed by atoms with Crippen molar-refractivity contribution in [2.24, 2.45) is 0 Å². The summed E-state index contributed by atoms with van der Waals surface area (Å²) in [5.41, 5.74) is -0.493. The number of rotatable bonds is 4. The van der Waals surface area contributed by atoms with Crippen LogP contribution in [0.5, 0.6) is 0 Å². The molecule has 1 heterocycles. The average Bonchev–Trinajstić information content (AvgIpc) is 2.28. The van der Waals surface area contributed by atoms with Gasteiger partial charge >= 0.3 is 5.97 Å². The van der Waals surface area contributed by atoms with Crippen molar-refractivity contribution in [1.29, 1.82) is 0 Å². The van der Waals surface area contributed by atoms with Gasteiger partial charge in [-0.15, -0.1) is 11.6 Å². The van der Waals surface area contributed by atoms with Crippen molar-refractivity contribution >= 4 is 33.5 Å². The summed E-state index contributed by atoms with van der Waals surface area (Å²) in [5, 5.41) is 0. The average molecular weight is 329 g/mol. The summed E-state index contributed by atoms with van der Waals surface area (Å²) in [6.07, 6.45) is -1.64. The number of nitrogens with zero attached hydrogens (tertiary/aromatic N) is 1. The highest BCUT2D eigenvalue weighted by atomic mass is 79.9. The minimum atomic E-state index is -2.79. The van der Waals surface area contributed by atoms with E-state index in [4.69, 9.17) is 16.3 Å². The van der Waals surface area contributed by atoms with Gasteiger partial charge in [-0.2, -0.15) is 0 Å². The van der Waals surface area contributed by atoms with Gasteiger partial charge in [-0.3, -0.25) is 4.98 Å². The summed E-state index contributed by atoms with van der Waals surface area (Å²) in [7, 11) is 0. The van der Waals surface area contributed by atoms with Crippen LogP contribution in [-0.2, 0) is 10.6 Å². The Kier molecular flexibility index (Phi) is 5.27. The van der Waals surface area contributed by atoms with Crippen LogP contribution in [0.15, 0.2) is 10.7 Å². The normalized spacial score (nSPS) is 10.7.